The van der Waals surface area contributed by atoms with Crippen LogP contribution < -0.4 is 4.90 Å². The molecule has 0 aromatic heterocycles. The van der Waals surface area contributed by atoms with Gasteiger partial charge in [0.2, 0.25) is 0 Å². The van der Waals surface area contributed by atoms with Gasteiger partial charge in [0.05, 0.1) is 0 Å². The first-order valence-electron chi connectivity index (χ1n) is 5.26. The molecule has 1 aromatic carbocycles. The molecule has 0 spiro atoms. The van der Waals surface area contributed by atoms with Crippen LogP contribution in [-0.4, -0.2) is 53.1 Å². The molecule has 1 aromatic rings. The molecular weight excluding hydrogens is 217 g/mol. The SMILES string of the molecule is O=CO.[Li][CH]1OCCN(c2ccccc2)C1=O. The number of hydrogen-bond donors (Lipinski definition) is 1. The molecule has 1 atom stereocenters. The average Bonchev–Trinajstić information content (AvgIpc) is 2.35. The van der Waals surface area contributed by atoms with Gasteiger partial charge in [0.15, 0.2) is 0 Å². The molecule has 1 fully saturated rings. The Morgan fingerprint density at radius 2 is 2.00 bits per heavy atom. The zero-order valence-corrected chi connectivity index (χ0v) is 9.57. The maximum absolute atomic E-state index is 11.7. The monoisotopic (exact) mass is 229 g/mol. The molecular formula is C11H12LiNO4. The topological polar surface area (TPSA) is 66.8 Å². The predicted molar refractivity (Wildman–Crippen MR) is 63.0 cm³/mol. The van der Waals surface area contributed by atoms with Gasteiger partial charge in [-0.15, -0.1) is 0 Å². The van der Waals surface area contributed by atoms with Gasteiger partial charge in [0, 0.05) is 0 Å². The van der Waals surface area contributed by atoms with Crippen LogP contribution >= 0.6 is 0 Å². The summed E-state index contributed by atoms with van der Waals surface area (Å²) in [5, 5.41) is 6.89. The van der Waals surface area contributed by atoms with Crippen molar-refractivity contribution in [1.82, 2.24) is 0 Å². The normalized spacial score (nSPS) is 19.3. The number of hydrogen-bond acceptors (Lipinski definition) is 3. The number of carbonyl (C=O) groups is 2. The van der Waals surface area contributed by atoms with Crippen LogP contribution in [0.5, 0.6) is 0 Å². The summed E-state index contributed by atoms with van der Waals surface area (Å²) in [4.78, 5) is 21.9. The van der Waals surface area contributed by atoms with Crippen molar-refractivity contribution in [2.24, 2.45) is 0 Å². The Morgan fingerprint density at radius 3 is 2.59 bits per heavy atom. The molecule has 0 aliphatic carbocycles. The number of benzene rings is 1. The van der Waals surface area contributed by atoms with Crippen molar-refractivity contribution in [3.63, 3.8) is 0 Å². The van der Waals surface area contributed by atoms with Gasteiger partial charge in [-0.1, -0.05) is 0 Å². The second-order valence-corrected chi connectivity index (χ2v) is 3.44. The van der Waals surface area contributed by atoms with E-state index in [0.717, 1.165) is 5.69 Å². The molecule has 0 radical (unpaired) electrons. The zero-order chi connectivity index (χ0) is 12.7. The number of carbonyl (C=O) groups excluding carboxylic acids is 1. The van der Waals surface area contributed by atoms with Crippen LogP contribution in [0.25, 0.3) is 0 Å². The standard InChI is InChI=1S/C10H10NO2.CH2O2.Li/c12-10-8-13-7-6-11(10)9-4-2-1-3-5-9;2-1-3;/h1-5,8H,6-7H2;1H,(H,2,3);. The molecule has 1 aliphatic rings. The van der Waals surface area contributed by atoms with Crippen molar-refractivity contribution < 1.29 is 19.4 Å². The minimum absolute atomic E-state index is 0.0439. The molecule has 1 amide bonds. The summed E-state index contributed by atoms with van der Waals surface area (Å²) in [5.74, 6) is 0.0439. The molecule has 1 saturated heterocycles. The van der Waals surface area contributed by atoms with Crippen LogP contribution in [0, 0.1) is 0 Å². The van der Waals surface area contributed by atoms with Crippen molar-refractivity contribution in [1.29, 1.82) is 0 Å². The fourth-order valence-electron chi connectivity index (χ4n) is 1.59. The van der Waals surface area contributed by atoms with E-state index in [1.807, 2.05) is 30.3 Å². The number of ether oxygens (including phenoxy) is 1. The first-order chi connectivity index (χ1) is 8.20. The number of para-hydroxylation sites is 1. The van der Waals surface area contributed by atoms with Crippen molar-refractivity contribution in [2.75, 3.05) is 18.1 Å². The van der Waals surface area contributed by atoms with Crippen molar-refractivity contribution in [2.45, 2.75) is 4.78 Å². The second-order valence-electron chi connectivity index (χ2n) is 3.44. The van der Waals surface area contributed by atoms with Gasteiger partial charge in [-0.2, -0.15) is 0 Å². The van der Waals surface area contributed by atoms with Gasteiger partial charge in [-0.3, -0.25) is 4.79 Å². The molecule has 5 nitrogen and oxygen atoms in total. The molecule has 1 heterocycles. The molecule has 0 saturated carbocycles. The van der Waals surface area contributed by atoms with Crippen LogP contribution in [-0.2, 0) is 14.3 Å². The summed E-state index contributed by atoms with van der Waals surface area (Å²) < 4.78 is 4.93. The van der Waals surface area contributed by atoms with E-state index in [9.17, 15) is 4.79 Å². The molecule has 1 N–H and O–H groups in total. The van der Waals surface area contributed by atoms with Crippen molar-refractivity contribution >= 4 is 35.8 Å². The number of rotatable bonds is 1. The summed E-state index contributed by atoms with van der Waals surface area (Å²) in [6, 6.07) is 9.69. The average molecular weight is 229 g/mol. The summed E-state index contributed by atoms with van der Waals surface area (Å²) in [5.41, 5.74) is 0.952. The van der Waals surface area contributed by atoms with Gasteiger partial charge in [-0.25, -0.2) is 0 Å². The van der Waals surface area contributed by atoms with Crippen LogP contribution in [0.3, 0.4) is 0 Å². The zero-order valence-electron chi connectivity index (χ0n) is 9.57. The third kappa shape index (κ3) is 3.90. The van der Waals surface area contributed by atoms with E-state index in [1.165, 1.54) is 0 Å². The number of morpholine rings is 1. The molecule has 6 heteroatoms. The van der Waals surface area contributed by atoms with E-state index in [-0.39, 0.29) is 17.2 Å². The van der Waals surface area contributed by atoms with Crippen molar-refractivity contribution in [3.05, 3.63) is 30.3 Å². The fourth-order valence-corrected chi connectivity index (χ4v) is 1.59. The number of carboxylic acid groups (broad SMARTS) is 1. The molecule has 1 aliphatic heterocycles. The maximum atomic E-state index is 11.7. The van der Waals surface area contributed by atoms with E-state index < -0.39 is 0 Å². The molecule has 86 valence electrons. The van der Waals surface area contributed by atoms with Crippen molar-refractivity contribution in [3.8, 4) is 0 Å². The predicted octanol–water partition coefficient (Wildman–Crippen LogP) is 0.245. The van der Waals surface area contributed by atoms with E-state index in [4.69, 9.17) is 14.6 Å². The summed E-state index contributed by atoms with van der Waals surface area (Å²) in [6.45, 7) is 1.01. The molecule has 17 heavy (non-hydrogen) atoms. The Balaban J connectivity index is 0.000000437. The van der Waals surface area contributed by atoms with Crippen LogP contribution in [0.1, 0.15) is 0 Å². The van der Waals surface area contributed by atoms with Crippen LogP contribution in [0.2, 0.25) is 0 Å². The Morgan fingerprint density at radius 1 is 1.41 bits per heavy atom. The first kappa shape index (κ1) is 13.8. The van der Waals surface area contributed by atoms with E-state index >= 15 is 0 Å². The quantitative estimate of drug-likeness (QED) is 0.553. The number of anilines is 1. The second kappa shape index (κ2) is 7.12. The number of nitrogens with zero attached hydrogens (tertiary/aromatic N) is 1. The Kier molecular flexibility index (Phi) is 5.77. The summed E-state index contributed by atoms with van der Waals surface area (Å²) in [6.07, 6.45) is 0. The number of amides is 1. The Labute approximate surface area is 109 Å². The van der Waals surface area contributed by atoms with Gasteiger partial charge in [-0.05, 0) is 0 Å². The third-order valence-corrected chi connectivity index (χ3v) is 2.36. The molecule has 0 bridgehead atoms. The van der Waals surface area contributed by atoms with Crippen LogP contribution in [0.4, 0.5) is 5.69 Å². The fraction of sp³-hybridized carbons (Fsp3) is 0.273. The Bertz CT molecular complexity index is 371. The molecule has 2 rings (SSSR count). The Hall–Kier alpha value is -1.28. The first-order valence-corrected chi connectivity index (χ1v) is 5.26. The van der Waals surface area contributed by atoms with Crippen LogP contribution in [0.15, 0.2) is 30.3 Å². The van der Waals surface area contributed by atoms with E-state index in [0.29, 0.717) is 13.2 Å². The van der Waals surface area contributed by atoms with E-state index in [2.05, 4.69) is 0 Å². The van der Waals surface area contributed by atoms with Gasteiger partial charge < -0.3 is 5.11 Å². The van der Waals surface area contributed by atoms with Gasteiger partial charge in [0.25, 0.3) is 6.47 Å². The van der Waals surface area contributed by atoms with Gasteiger partial charge >= 0.3 is 92.0 Å². The summed E-state index contributed by atoms with van der Waals surface area (Å²) in [7, 11) is 0. The van der Waals surface area contributed by atoms with E-state index in [1.54, 1.807) is 22.6 Å². The minimum atomic E-state index is -0.316. The molecule has 1 unspecified atom stereocenters. The summed E-state index contributed by atoms with van der Waals surface area (Å²) >= 11 is 1.79. The van der Waals surface area contributed by atoms with Gasteiger partial charge in [0.1, 0.15) is 0 Å². The third-order valence-electron chi connectivity index (χ3n) is 2.36.